The highest BCUT2D eigenvalue weighted by Crippen LogP contribution is 2.48. The summed E-state index contributed by atoms with van der Waals surface area (Å²) in [4.78, 5) is 2.50. The summed E-state index contributed by atoms with van der Waals surface area (Å²) in [7, 11) is 0. The zero-order valence-electron chi connectivity index (χ0n) is 36.0. The maximum atomic E-state index is 2.50. The second-order valence-corrected chi connectivity index (χ2v) is 17.6. The Labute approximate surface area is 381 Å². The topological polar surface area (TPSA) is 8.17 Å². The van der Waals surface area contributed by atoms with Crippen LogP contribution in [0.15, 0.2) is 243 Å². The van der Waals surface area contributed by atoms with Crippen LogP contribution < -0.4 is 4.90 Å². The Morgan fingerprint density at radius 1 is 0.273 bits per heavy atom. The van der Waals surface area contributed by atoms with E-state index in [1.54, 1.807) is 0 Å². The minimum atomic E-state index is 1.09. The molecular weight excluding hydrogens is 797 g/mol. The minimum absolute atomic E-state index is 1.09. The Morgan fingerprint density at radius 2 is 0.788 bits per heavy atom. The van der Waals surface area contributed by atoms with Gasteiger partial charge in [0.1, 0.15) is 0 Å². The zero-order chi connectivity index (χ0) is 43.3. The predicted molar refractivity (Wildman–Crippen MR) is 283 cm³/mol. The van der Waals surface area contributed by atoms with Gasteiger partial charge in [-0.2, -0.15) is 0 Å². The molecule has 0 aliphatic heterocycles. The first-order chi connectivity index (χ1) is 32.8. The summed E-state index contributed by atoms with van der Waals surface area (Å²) in [6, 6.07) is 89.8. The fraction of sp³-hybridized carbons (Fsp3) is 0. The normalized spacial score (nSPS) is 11.9. The average Bonchev–Trinajstić information content (AvgIpc) is 3.73. The van der Waals surface area contributed by atoms with Crippen LogP contribution in [0, 0.1) is 0 Å². The Bertz CT molecular complexity index is 4210. The molecule has 0 saturated heterocycles. The number of anilines is 3. The van der Waals surface area contributed by atoms with Gasteiger partial charge in [-0.1, -0.05) is 188 Å². The smallest absolute Gasteiger partial charge is 0.0547 e. The van der Waals surface area contributed by atoms with Crippen LogP contribution in [0.4, 0.5) is 17.1 Å². The number of hydrogen-bond donors (Lipinski definition) is 0. The molecule has 0 unspecified atom stereocenters. The number of aromatic nitrogens is 1. The van der Waals surface area contributed by atoms with E-state index in [0.29, 0.717) is 0 Å². The summed E-state index contributed by atoms with van der Waals surface area (Å²) in [6.45, 7) is 0. The van der Waals surface area contributed by atoms with Crippen LogP contribution in [0.25, 0.3) is 114 Å². The number of rotatable bonds is 6. The van der Waals surface area contributed by atoms with Crippen molar-refractivity contribution in [2.24, 2.45) is 0 Å². The highest BCUT2D eigenvalue weighted by molar-refractivity contribution is 6.37. The van der Waals surface area contributed by atoms with Gasteiger partial charge >= 0.3 is 0 Å². The molecule has 2 nitrogen and oxygen atoms in total. The molecule has 13 aromatic carbocycles. The summed E-state index contributed by atoms with van der Waals surface area (Å²) >= 11 is 0. The number of fused-ring (bicyclic) bond motifs is 5. The Morgan fingerprint density at radius 3 is 1.52 bits per heavy atom. The molecule has 306 valence electrons. The number of para-hydroxylation sites is 3. The monoisotopic (exact) mass is 836 g/mol. The summed E-state index contributed by atoms with van der Waals surface area (Å²) in [5.74, 6) is 0. The molecule has 14 aromatic rings. The van der Waals surface area contributed by atoms with Gasteiger partial charge in [0.15, 0.2) is 0 Å². The van der Waals surface area contributed by atoms with Crippen LogP contribution in [0.1, 0.15) is 0 Å². The highest BCUT2D eigenvalue weighted by Gasteiger charge is 2.23. The lowest BCUT2D eigenvalue weighted by atomic mass is 9.87. The number of benzene rings is 12. The lowest BCUT2D eigenvalue weighted by Crippen LogP contribution is -2.11. The number of nitrogens with zero attached hydrogens (tertiary/aromatic N) is 2. The van der Waals surface area contributed by atoms with Gasteiger partial charge < -0.3 is 9.47 Å². The van der Waals surface area contributed by atoms with Gasteiger partial charge in [0.2, 0.25) is 0 Å². The molecule has 0 atom stereocenters. The van der Waals surface area contributed by atoms with Gasteiger partial charge in [0, 0.05) is 33.4 Å². The van der Waals surface area contributed by atoms with Gasteiger partial charge in [-0.05, 0) is 136 Å². The summed E-state index contributed by atoms with van der Waals surface area (Å²) in [6.07, 6.45) is 0. The van der Waals surface area contributed by atoms with E-state index in [0.717, 1.165) is 28.3 Å². The van der Waals surface area contributed by atoms with E-state index >= 15 is 0 Å². The minimum Gasteiger partial charge on any atom is -0.310 e. The van der Waals surface area contributed by atoms with Crippen molar-refractivity contribution in [3.05, 3.63) is 243 Å². The highest BCUT2D eigenvalue weighted by atomic mass is 15.1. The van der Waals surface area contributed by atoms with Crippen LogP contribution in [0.3, 0.4) is 0 Å². The Balaban J connectivity index is 1.09. The van der Waals surface area contributed by atoms with Gasteiger partial charge in [-0.15, -0.1) is 0 Å². The zero-order valence-corrected chi connectivity index (χ0v) is 36.0. The third-order valence-corrected chi connectivity index (χ3v) is 14.0. The van der Waals surface area contributed by atoms with E-state index in [4.69, 9.17) is 0 Å². The lowest BCUT2D eigenvalue weighted by Gasteiger charge is -2.29. The third-order valence-electron chi connectivity index (χ3n) is 14.0. The standard InChI is InChI=1S/C64H40N2/c1-3-16-41(17-4-1)50-25-7-9-31-57(50)65(48-24-11-21-45(38-48)51-27-15-33-59-64(51)55-26-8-10-32-58(55)66(59)47-22-5-2-6-23-47)49-39-46-37-36-44-19-13-29-53-52-28-12-18-42-34-35-43-20-14-30-54(62(43)60(42)52)56(40-49)63(46)61(44)53/h1-40H. The van der Waals surface area contributed by atoms with Gasteiger partial charge in [0.25, 0.3) is 0 Å². The SMILES string of the molecule is c1ccc(-c2ccccc2N(c2cccc(-c3cccc4c3c3ccccc3n4-c3ccccc3)c2)c2cc3ccc4cccc5c6cccc7ccc8cccc(c(c2)c3c45)c8c76)cc1. The van der Waals surface area contributed by atoms with Crippen molar-refractivity contribution in [2.45, 2.75) is 0 Å². The summed E-state index contributed by atoms with van der Waals surface area (Å²) < 4.78 is 2.40. The molecule has 0 amide bonds. The predicted octanol–water partition coefficient (Wildman–Crippen LogP) is 17.9. The van der Waals surface area contributed by atoms with Crippen molar-refractivity contribution in [1.29, 1.82) is 0 Å². The van der Waals surface area contributed by atoms with Crippen molar-refractivity contribution in [3.8, 4) is 27.9 Å². The van der Waals surface area contributed by atoms with E-state index in [2.05, 4.69) is 252 Å². The second kappa shape index (κ2) is 14.4. The van der Waals surface area contributed by atoms with Crippen LogP contribution in [0.2, 0.25) is 0 Å². The van der Waals surface area contributed by atoms with Crippen LogP contribution in [-0.2, 0) is 0 Å². The van der Waals surface area contributed by atoms with Crippen molar-refractivity contribution < 1.29 is 0 Å². The quantitative estimate of drug-likeness (QED) is 0.152. The van der Waals surface area contributed by atoms with Crippen LogP contribution >= 0.6 is 0 Å². The maximum absolute atomic E-state index is 2.50. The summed E-state index contributed by atoms with van der Waals surface area (Å²) in [5, 5.41) is 17.7. The number of hydrogen-bond acceptors (Lipinski definition) is 1. The van der Waals surface area contributed by atoms with E-state index in [1.165, 1.54) is 103 Å². The molecule has 0 aliphatic rings. The lowest BCUT2D eigenvalue weighted by molar-refractivity contribution is 1.18. The van der Waals surface area contributed by atoms with Crippen molar-refractivity contribution in [1.82, 2.24) is 4.57 Å². The molecular formula is C64H40N2. The van der Waals surface area contributed by atoms with Gasteiger partial charge in [-0.25, -0.2) is 0 Å². The molecule has 0 bridgehead atoms. The first kappa shape index (κ1) is 36.7. The largest absolute Gasteiger partial charge is 0.310 e. The van der Waals surface area contributed by atoms with E-state index < -0.39 is 0 Å². The molecule has 2 heteroatoms. The molecule has 0 aliphatic carbocycles. The molecule has 0 spiro atoms. The van der Waals surface area contributed by atoms with Crippen molar-refractivity contribution >= 4 is 104 Å². The molecule has 1 aromatic heterocycles. The van der Waals surface area contributed by atoms with Gasteiger partial charge in [0.05, 0.1) is 16.7 Å². The Hall–Kier alpha value is -8.72. The average molecular weight is 837 g/mol. The van der Waals surface area contributed by atoms with Gasteiger partial charge in [-0.3, -0.25) is 0 Å². The molecule has 0 fully saturated rings. The fourth-order valence-corrected chi connectivity index (χ4v) is 11.3. The Kier molecular flexibility index (Phi) is 8.02. The molecule has 0 N–H and O–H groups in total. The maximum Gasteiger partial charge on any atom is 0.0547 e. The first-order valence-electron chi connectivity index (χ1n) is 22.8. The first-order valence-corrected chi connectivity index (χ1v) is 22.8. The molecule has 14 rings (SSSR count). The fourth-order valence-electron chi connectivity index (χ4n) is 11.3. The van der Waals surface area contributed by atoms with E-state index in [9.17, 15) is 0 Å². The molecule has 0 saturated carbocycles. The second-order valence-electron chi connectivity index (χ2n) is 17.6. The molecule has 1 heterocycles. The van der Waals surface area contributed by atoms with Crippen molar-refractivity contribution in [3.63, 3.8) is 0 Å². The van der Waals surface area contributed by atoms with Crippen LogP contribution in [0.5, 0.6) is 0 Å². The third kappa shape index (κ3) is 5.42. The van der Waals surface area contributed by atoms with Crippen molar-refractivity contribution in [2.75, 3.05) is 4.90 Å². The molecule has 0 radical (unpaired) electrons. The molecule has 66 heavy (non-hydrogen) atoms. The van der Waals surface area contributed by atoms with E-state index in [1.807, 2.05) is 0 Å². The van der Waals surface area contributed by atoms with Crippen LogP contribution in [-0.4, -0.2) is 4.57 Å². The van der Waals surface area contributed by atoms with E-state index in [-0.39, 0.29) is 0 Å². The summed E-state index contributed by atoms with van der Waals surface area (Å²) in [5.41, 5.74) is 11.6.